The minimum absolute atomic E-state index is 0.0344. The molecule has 0 aliphatic rings. The van der Waals surface area contributed by atoms with Crippen LogP contribution in [0.15, 0.2) is 47.0 Å². The zero-order valence-corrected chi connectivity index (χ0v) is 10.9. The molecule has 100 valence electrons. The van der Waals surface area contributed by atoms with Gasteiger partial charge in [0.05, 0.1) is 5.69 Å². The van der Waals surface area contributed by atoms with Crippen LogP contribution in [-0.4, -0.2) is 15.2 Å². The molecule has 5 heteroatoms. The summed E-state index contributed by atoms with van der Waals surface area (Å²) in [6, 6.07) is 12.6. The maximum Gasteiger partial charge on any atom is 0.258 e. The first-order chi connectivity index (χ1) is 9.63. The Morgan fingerprint density at radius 2 is 1.95 bits per heavy atom. The molecule has 3 rings (SSSR count). The summed E-state index contributed by atoms with van der Waals surface area (Å²) in [6.07, 6.45) is 0. The number of aryl methyl sites for hydroxylation is 1. The van der Waals surface area contributed by atoms with E-state index in [0.717, 1.165) is 11.1 Å². The Labute approximate surface area is 115 Å². The third kappa shape index (κ3) is 2.21. The first-order valence-electron chi connectivity index (χ1n) is 6.13. The van der Waals surface area contributed by atoms with Gasteiger partial charge in [-0.05, 0) is 31.2 Å². The van der Waals surface area contributed by atoms with Crippen LogP contribution in [0.4, 0.5) is 5.69 Å². The Kier molecular flexibility index (Phi) is 2.87. The third-order valence-electron chi connectivity index (χ3n) is 2.98. The molecule has 0 saturated heterocycles. The molecule has 3 aromatic rings. The molecular weight excluding hydrogens is 254 g/mol. The van der Waals surface area contributed by atoms with E-state index in [1.54, 1.807) is 12.1 Å². The minimum Gasteiger partial charge on any atom is -0.506 e. The largest absolute Gasteiger partial charge is 0.506 e. The van der Waals surface area contributed by atoms with Crippen molar-refractivity contribution in [3.63, 3.8) is 0 Å². The molecule has 0 bridgehead atoms. The monoisotopic (exact) mass is 267 g/mol. The molecule has 0 amide bonds. The van der Waals surface area contributed by atoms with Crippen LogP contribution in [0.5, 0.6) is 5.75 Å². The van der Waals surface area contributed by atoms with Crippen molar-refractivity contribution < 1.29 is 9.63 Å². The van der Waals surface area contributed by atoms with Gasteiger partial charge in [0, 0.05) is 11.1 Å². The lowest BCUT2D eigenvalue weighted by molar-refractivity contribution is 0.432. The Bertz CT molecular complexity index is 765. The van der Waals surface area contributed by atoms with Crippen LogP contribution in [0, 0.1) is 6.92 Å². The molecule has 0 aliphatic heterocycles. The highest BCUT2D eigenvalue weighted by Crippen LogP contribution is 2.28. The molecule has 0 fully saturated rings. The van der Waals surface area contributed by atoms with Gasteiger partial charge in [0.15, 0.2) is 0 Å². The standard InChI is InChI=1S/C15H13N3O2/c1-9-3-2-4-10(7-9)14-17-15(20-18-14)11-5-6-13(19)12(16)8-11/h2-8,19H,16H2,1H3. The molecule has 0 radical (unpaired) electrons. The SMILES string of the molecule is Cc1cccc(-c2noc(-c3ccc(O)c(N)c3)n2)c1. The molecule has 0 unspecified atom stereocenters. The number of nitrogens with two attached hydrogens (primary N) is 1. The van der Waals surface area contributed by atoms with Crippen LogP contribution < -0.4 is 5.73 Å². The molecule has 20 heavy (non-hydrogen) atoms. The lowest BCUT2D eigenvalue weighted by Gasteiger charge is -1.99. The third-order valence-corrected chi connectivity index (χ3v) is 2.98. The van der Waals surface area contributed by atoms with Crippen LogP contribution >= 0.6 is 0 Å². The van der Waals surface area contributed by atoms with E-state index in [4.69, 9.17) is 10.3 Å². The minimum atomic E-state index is 0.0344. The molecule has 0 saturated carbocycles. The Morgan fingerprint density at radius 1 is 1.10 bits per heavy atom. The number of nitrogen functional groups attached to an aromatic ring is 1. The molecule has 3 N–H and O–H groups in total. The molecule has 0 spiro atoms. The van der Waals surface area contributed by atoms with E-state index in [1.165, 1.54) is 6.07 Å². The van der Waals surface area contributed by atoms with E-state index in [1.807, 2.05) is 31.2 Å². The van der Waals surface area contributed by atoms with Crippen LogP contribution in [0.3, 0.4) is 0 Å². The zero-order valence-electron chi connectivity index (χ0n) is 10.9. The zero-order chi connectivity index (χ0) is 14.1. The highest BCUT2D eigenvalue weighted by atomic mass is 16.5. The summed E-state index contributed by atoms with van der Waals surface area (Å²) < 4.78 is 5.24. The predicted molar refractivity (Wildman–Crippen MR) is 76.0 cm³/mol. The van der Waals surface area contributed by atoms with Crippen LogP contribution in [-0.2, 0) is 0 Å². The highest BCUT2D eigenvalue weighted by molar-refractivity contribution is 5.66. The fourth-order valence-corrected chi connectivity index (χ4v) is 1.93. The average Bonchev–Trinajstić information content (AvgIpc) is 2.92. The van der Waals surface area contributed by atoms with Crippen molar-refractivity contribution in [2.75, 3.05) is 5.73 Å². The average molecular weight is 267 g/mol. The maximum atomic E-state index is 9.41. The van der Waals surface area contributed by atoms with Crippen molar-refractivity contribution in [1.29, 1.82) is 0 Å². The number of rotatable bonds is 2. The summed E-state index contributed by atoms with van der Waals surface area (Å²) in [5, 5.41) is 13.4. The molecule has 1 heterocycles. The van der Waals surface area contributed by atoms with E-state index in [2.05, 4.69) is 10.1 Å². The van der Waals surface area contributed by atoms with Gasteiger partial charge in [-0.25, -0.2) is 0 Å². The van der Waals surface area contributed by atoms with Crippen molar-refractivity contribution in [3.8, 4) is 28.6 Å². The lowest BCUT2D eigenvalue weighted by atomic mass is 10.1. The summed E-state index contributed by atoms with van der Waals surface area (Å²) in [5.41, 5.74) is 8.63. The van der Waals surface area contributed by atoms with E-state index in [-0.39, 0.29) is 11.4 Å². The van der Waals surface area contributed by atoms with Gasteiger partial charge in [-0.3, -0.25) is 0 Å². The number of phenols is 1. The number of nitrogens with zero attached hydrogens (tertiary/aromatic N) is 2. The first-order valence-corrected chi connectivity index (χ1v) is 6.13. The van der Waals surface area contributed by atoms with Crippen LogP contribution in [0.25, 0.3) is 22.8 Å². The smallest absolute Gasteiger partial charge is 0.258 e. The molecule has 0 atom stereocenters. The van der Waals surface area contributed by atoms with Crippen molar-refractivity contribution in [2.24, 2.45) is 0 Å². The summed E-state index contributed by atoms with van der Waals surface area (Å²) in [6.45, 7) is 2.01. The second-order valence-electron chi connectivity index (χ2n) is 4.57. The second-order valence-corrected chi connectivity index (χ2v) is 4.57. The number of phenolic OH excluding ortho intramolecular Hbond substituents is 1. The van der Waals surface area contributed by atoms with Gasteiger partial charge in [0.25, 0.3) is 5.89 Å². The molecule has 1 aromatic heterocycles. The molecule has 5 nitrogen and oxygen atoms in total. The van der Waals surface area contributed by atoms with Crippen molar-refractivity contribution in [3.05, 3.63) is 48.0 Å². The van der Waals surface area contributed by atoms with Gasteiger partial charge in [0.2, 0.25) is 5.82 Å². The number of benzene rings is 2. The van der Waals surface area contributed by atoms with Crippen molar-refractivity contribution >= 4 is 5.69 Å². The van der Waals surface area contributed by atoms with Gasteiger partial charge in [-0.1, -0.05) is 28.9 Å². The van der Waals surface area contributed by atoms with Gasteiger partial charge < -0.3 is 15.4 Å². The number of aromatic hydroxyl groups is 1. The predicted octanol–water partition coefficient (Wildman–Crippen LogP) is 3.00. The Balaban J connectivity index is 1.99. The topological polar surface area (TPSA) is 85.2 Å². The summed E-state index contributed by atoms with van der Waals surface area (Å²) in [7, 11) is 0. The normalized spacial score (nSPS) is 10.7. The fourth-order valence-electron chi connectivity index (χ4n) is 1.93. The van der Waals surface area contributed by atoms with Crippen LogP contribution in [0.1, 0.15) is 5.56 Å². The number of aromatic nitrogens is 2. The van der Waals surface area contributed by atoms with Gasteiger partial charge in [-0.15, -0.1) is 0 Å². The molecular formula is C15H13N3O2. The number of hydrogen-bond donors (Lipinski definition) is 2. The van der Waals surface area contributed by atoms with Gasteiger partial charge in [-0.2, -0.15) is 4.98 Å². The lowest BCUT2D eigenvalue weighted by Crippen LogP contribution is -1.87. The quantitative estimate of drug-likeness (QED) is 0.550. The number of hydrogen-bond acceptors (Lipinski definition) is 5. The van der Waals surface area contributed by atoms with E-state index >= 15 is 0 Å². The molecule has 2 aromatic carbocycles. The van der Waals surface area contributed by atoms with E-state index in [0.29, 0.717) is 17.3 Å². The summed E-state index contributed by atoms with van der Waals surface area (Å²) >= 11 is 0. The van der Waals surface area contributed by atoms with E-state index < -0.39 is 0 Å². The van der Waals surface area contributed by atoms with Crippen molar-refractivity contribution in [2.45, 2.75) is 6.92 Å². The molecule has 0 aliphatic carbocycles. The summed E-state index contributed by atoms with van der Waals surface area (Å²) in [5.74, 6) is 0.927. The highest BCUT2D eigenvalue weighted by Gasteiger charge is 2.11. The van der Waals surface area contributed by atoms with Gasteiger partial charge in [0.1, 0.15) is 5.75 Å². The van der Waals surface area contributed by atoms with Crippen LogP contribution in [0.2, 0.25) is 0 Å². The van der Waals surface area contributed by atoms with Gasteiger partial charge >= 0.3 is 0 Å². The Hall–Kier alpha value is -2.82. The fraction of sp³-hybridized carbons (Fsp3) is 0.0667. The van der Waals surface area contributed by atoms with Crippen molar-refractivity contribution in [1.82, 2.24) is 10.1 Å². The second kappa shape index (κ2) is 4.70. The maximum absolute atomic E-state index is 9.41. The Morgan fingerprint density at radius 3 is 2.70 bits per heavy atom. The summed E-state index contributed by atoms with van der Waals surface area (Å²) in [4.78, 5) is 4.35. The first kappa shape index (κ1) is 12.2. The number of anilines is 1. The van der Waals surface area contributed by atoms with E-state index in [9.17, 15) is 5.11 Å².